The second-order valence-electron chi connectivity index (χ2n) is 6.57. The summed E-state index contributed by atoms with van der Waals surface area (Å²) in [6.07, 6.45) is 5.07. The van der Waals surface area contributed by atoms with E-state index in [0.717, 1.165) is 43.0 Å². The maximum absolute atomic E-state index is 12.1. The molecule has 0 atom stereocenters. The molecule has 0 unspecified atom stereocenters. The van der Waals surface area contributed by atoms with Gasteiger partial charge in [-0.15, -0.1) is 0 Å². The van der Waals surface area contributed by atoms with Crippen LogP contribution in [-0.4, -0.2) is 59.6 Å². The third kappa shape index (κ3) is 4.02. The Morgan fingerprint density at radius 1 is 1.27 bits per heavy atom. The van der Waals surface area contributed by atoms with E-state index in [1.165, 1.54) is 4.31 Å². The van der Waals surface area contributed by atoms with E-state index >= 15 is 0 Å². The molecule has 2 aromatic rings. The highest BCUT2D eigenvalue weighted by atomic mass is 32.2. The van der Waals surface area contributed by atoms with Crippen molar-refractivity contribution in [2.24, 2.45) is 0 Å². The Labute approximate surface area is 155 Å². The molecule has 140 valence electrons. The van der Waals surface area contributed by atoms with Gasteiger partial charge in [0.1, 0.15) is 5.82 Å². The molecule has 0 aromatic carbocycles. The van der Waals surface area contributed by atoms with Gasteiger partial charge in [-0.2, -0.15) is 0 Å². The van der Waals surface area contributed by atoms with Crippen LogP contribution in [0.3, 0.4) is 0 Å². The SMILES string of the molecule is CCS(=O)(=O)N(C)C1CCN(c2cc(C)nc(-c3cccnc3)n2)CC1. The summed E-state index contributed by atoms with van der Waals surface area (Å²) in [7, 11) is -1.46. The van der Waals surface area contributed by atoms with Crippen molar-refractivity contribution in [3.63, 3.8) is 0 Å². The number of rotatable bonds is 5. The van der Waals surface area contributed by atoms with E-state index in [1.54, 1.807) is 26.4 Å². The summed E-state index contributed by atoms with van der Waals surface area (Å²) in [6, 6.07) is 5.85. The molecule has 7 nitrogen and oxygen atoms in total. The first-order valence-corrected chi connectivity index (χ1v) is 10.5. The predicted molar refractivity (Wildman–Crippen MR) is 102 cm³/mol. The molecule has 26 heavy (non-hydrogen) atoms. The van der Waals surface area contributed by atoms with Crippen LogP contribution in [0.1, 0.15) is 25.5 Å². The second kappa shape index (κ2) is 7.67. The van der Waals surface area contributed by atoms with Gasteiger partial charge in [-0.25, -0.2) is 22.7 Å². The monoisotopic (exact) mass is 375 g/mol. The summed E-state index contributed by atoms with van der Waals surface area (Å²) in [4.78, 5) is 15.6. The normalized spacial score (nSPS) is 16.2. The van der Waals surface area contributed by atoms with Gasteiger partial charge in [0.05, 0.1) is 5.75 Å². The number of aryl methyl sites for hydroxylation is 1. The van der Waals surface area contributed by atoms with E-state index in [2.05, 4.69) is 14.9 Å². The van der Waals surface area contributed by atoms with Crippen LogP contribution in [0.5, 0.6) is 0 Å². The fourth-order valence-corrected chi connectivity index (χ4v) is 4.30. The Morgan fingerprint density at radius 3 is 2.62 bits per heavy atom. The Kier molecular flexibility index (Phi) is 5.52. The van der Waals surface area contributed by atoms with Crippen molar-refractivity contribution in [3.05, 3.63) is 36.3 Å². The van der Waals surface area contributed by atoms with Crippen LogP contribution >= 0.6 is 0 Å². The molecule has 1 aliphatic heterocycles. The van der Waals surface area contributed by atoms with Gasteiger partial charge < -0.3 is 4.90 Å². The van der Waals surface area contributed by atoms with Crippen LogP contribution < -0.4 is 4.90 Å². The summed E-state index contributed by atoms with van der Waals surface area (Å²) in [6.45, 7) is 5.19. The number of anilines is 1. The third-order valence-corrected chi connectivity index (χ3v) is 6.77. The van der Waals surface area contributed by atoms with Crippen LogP contribution in [0.25, 0.3) is 11.4 Å². The van der Waals surface area contributed by atoms with Gasteiger partial charge in [-0.1, -0.05) is 0 Å². The number of hydrogen-bond acceptors (Lipinski definition) is 6. The van der Waals surface area contributed by atoms with Gasteiger partial charge in [0, 0.05) is 55.9 Å². The van der Waals surface area contributed by atoms with Gasteiger partial charge in [-0.3, -0.25) is 4.98 Å². The standard InChI is InChI=1S/C18H25N5O2S/c1-4-26(24,25)22(3)16-7-10-23(11-8-16)17-12-14(2)20-18(21-17)15-6-5-9-19-13-15/h5-6,9,12-13,16H,4,7-8,10-11H2,1-3H3. The molecular weight excluding hydrogens is 350 g/mol. The van der Waals surface area contributed by atoms with E-state index < -0.39 is 10.0 Å². The average Bonchev–Trinajstić information content (AvgIpc) is 2.67. The molecule has 1 aliphatic rings. The van der Waals surface area contributed by atoms with E-state index in [-0.39, 0.29) is 11.8 Å². The molecule has 8 heteroatoms. The van der Waals surface area contributed by atoms with Crippen LogP contribution in [-0.2, 0) is 10.0 Å². The van der Waals surface area contributed by atoms with Crippen molar-refractivity contribution in [2.45, 2.75) is 32.7 Å². The van der Waals surface area contributed by atoms with Gasteiger partial charge in [0.15, 0.2) is 5.82 Å². The van der Waals surface area contributed by atoms with E-state index in [4.69, 9.17) is 4.98 Å². The predicted octanol–water partition coefficient (Wildman–Crippen LogP) is 2.10. The molecular formula is C18H25N5O2S. The lowest BCUT2D eigenvalue weighted by molar-refractivity contribution is 0.312. The van der Waals surface area contributed by atoms with Crippen molar-refractivity contribution in [3.8, 4) is 11.4 Å². The molecule has 2 aromatic heterocycles. The van der Waals surface area contributed by atoms with Gasteiger partial charge in [0.25, 0.3) is 0 Å². The van der Waals surface area contributed by atoms with Gasteiger partial charge in [-0.05, 0) is 38.8 Å². The minimum absolute atomic E-state index is 0.0527. The van der Waals surface area contributed by atoms with Crippen molar-refractivity contribution in [1.82, 2.24) is 19.3 Å². The summed E-state index contributed by atoms with van der Waals surface area (Å²) in [5.41, 5.74) is 1.79. The summed E-state index contributed by atoms with van der Waals surface area (Å²) in [5.74, 6) is 1.69. The molecule has 0 bridgehead atoms. The molecule has 0 amide bonds. The lowest BCUT2D eigenvalue weighted by Gasteiger charge is -2.36. The maximum Gasteiger partial charge on any atom is 0.213 e. The van der Waals surface area contributed by atoms with Crippen molar-refractivity contribution in [1.29, 1.82) is 0 Å². The van der Waals surface area contributed by atoms with Crippen molar-refractivity contribution < 1.29 is 8.42 Å². The topological polar surface area (TPSA) is 79.3 Å². The number of nitrogens with zero attached hydrogens (tertiary/aromatic N) is 5. The third-order valence-electron chi connectivity index (χ3n) is 4.87. The molecule has 0 N–H and O–H groups in total. The minimum Gasteiger partial charge on any atom is -0.356 e. The van der Waals surface area contributed by atoms with Crippen molar-refractivity contribution >= 4 is 15.8 Å². The summed E-state index contributed by atoms with van der Waals surface area (Å²) >= 11 is 0. The first kappa shape index (κ1) is 18.7. The zero-order valence-corrected chi connectivity index (χ0v) is 16.3. The Bertz CT molecular complexity index is 849. The summed E-state index contributed by atoms with van der Waals surface area (Å²) in [5, 5.41) is 0. The Morgan fingerprint density at radius 2 is 2.00 bits per heavy atom. The molecule has 1 fully saturated rings. The average molecular weight is 375 g/mol. The quantitative estimate of drug-likeness (QED) is 0.796. The zero-order valence-electron chi connectivity index (χ0n) is 15.5. The van der Waals surface area contributed by atoms with Crippen LogP contribution in [0.15, 0.2) is 30.6 Å². The molecule has 0 saturated carbocycles. The van der Waals surface area contributed by atoms with Gasteiger partial charge in [0.2, 0.25) is 10.0 Å². The fourth-order valence-electron chi connectivity index (χ4n) is 3.23. The highest BCUT2D eigenvalue weighted by molar-refractivity contribution is 7.89. The molecule has 0 aliphatic carbocycles. The minimum atomic E-state index is -3.15. The second-order valence-corrected chi connectivity index (χ2v) is 8.88. The van der Waals surface area contributed by atoms with Crippen LogP contribution in [0.2, 0.25) is 0 Å². The first-order valence-electron chi connectivity index (χ1n) is 8.87. The number of piperidine rings is 1. The van der Waals surface area contributed by atoms with E-state index in [9.17, 15) is 8.42 Å². The Balaban J connectivity index is 1.75. The zero-order chi connectivity index (χ0) is 18.7. The summed E-state index contributed by atoms with van der Waals surface area (Å²) < 4.78 is 25.7. The van der Waals surface area contributed by atoms with E-state index in [0.29, 0.717) is 5.82 Å². The van der Waals surface area contributed by atoms with Crippen LogP contribution in [0.4, 0.5) is 5.82 Å². The van der Waals surface area contributed by atoms with Gasteiger partial charge >= 0.3 is 0 Å². The molecule has 0 radical (unpaired) electrons. The molecule has 1 saturated heterocycles. The number of sulfonamides is 1. The lowest BCUT2D eigenvalue weighted by atomic mass is 10.1. The highest BCUT2D eigenvalue weighted by Crippen LogP contribution is 2.24. The molecule has 3 rings (SSSR count). The smallest absolute Gasteiger partial charge is 0.213 e. The van der Waals surface area contributed by atoms with E-state index in [1.807, 2.05) is 25.1 Å². The molecule has 0 spiro atoms. The van der Waals surface area contributed by atoms with Crippen molar-refractivity contribution in [2.75, 3.05) is 30.8 Å². The fraction of sp³-hybridized carbons (Fsp3) is 0.500. The largest absolute Gasteiger partial charge is 0.356 e. The Hall–Kier alpha value is -2.06. The first-order chi connectivity index (χ1) is 12.4. The molecule has 3 heterocycles. The number of aromatic nitrogens is 3. The number of pyridine rings is 1. The van der Waals surface area contributed by atoms with Crippen LogP contribution in [0, 0.1) is 6.92 Å². The lowest BCUT2D eigenvalue weighted by Crippen LogP contribution is -2.46. The highest BCUT2D eigenvalue weighted by Gasteiger charge is 2.29. The number of hydrogen-bond donors (Lipinski definition) is 0. The maximum atomic E-state index is 12.1.